The molecule has 0 atom stereocenters. The molecule has 4 nitrogen and oxygen atoms in total. The second kappa shape index (κ2) is 4.51. The summed E-state index contributed by atoms with van der Waals surface area (Å²) in [5, 5.41) is 4.16. The molecule has 2 N–H and O–H groups in total. The highest BCUT2D eigenvalue weighted by molar-refractivity contribution is 9.10. The van der Waals surface area contributed by atoms with E-state index in [1.807, 2.05) is 4.68 Å². The first-order chi connectivity index (χ1) is 7.15. The molecule has 1 aliphatic rings. The molecule has 1 heterocycles. The van der Waals surface area contributed by atoms with Crippen LogP contribution in [0.1, 0.15) is 32.6 Å². The van der Waals surface area contributed by atoms with Crippen molar-refractivity contribution >= 4 is 21.9 Å². The number of anilines is 1. The number of aromatic nitrogens is 3. The summed E-state index contributed by atoms with van der Waals surface area (Å²) in [5.74, 6) is 1.98. The Balaban J connectivity index is 1.94. The maximum atomic E-state index is 5.53. The van der Waals surface area contributed by atoms with Gasteiger partial charge in [-0.05, 0) is 40.6 Å². The summed E-state index contributed by atoms with van der Waals surface area (Å²) >= 11 is 3.37. The number of halogens is 1. The quantitative estimate of drug-likeness (QED) is 0.900. The van der Waals surface area contributed by atoms with Gasteiger partial charge in [-0.15, -0.1) is 5.10 Å². The zero-order valence-corrected chi connectivity index (χ0v) is 10.6. The summed E-state index contributed by atoms with van der Waals surface area (Å²) in [6.45, 7) is 3.27. The van der Waals surface area contributed by atoms with Crippen molar-refractivity contribution in [1.29, 1.82) is 0 Å². The lowest BCUT2D eigenvalue weighted by Crippen LogP contribution is -2.18. The molecule has 1 aromatic heterocycles. The minimum absolute atomic E-state index is 0.353. The van der Waals surface area contributed by atoms with Crippen LogP contribution < -0.4 is 5.73 Å². The van der Waals surface area contributed by atoms with Gasteiger partial charge in [0.15, 0.2) is 4.73 Å². The van der Waals surface area contributed by atoms with Crippen LogP contribution in [0.4, 0.5) is 5.95 Å². The first kappa shape index (κ1) is 10.9. The fourth-order valence-electron chi connectivity index (χ4n) is 2.21. The number of nitrogen functional groups attached to an aromatic ring is 1. The minimum atomic E-state index is 0.353. The van der Waals surface area contributed by atoms with Crippen LogP contribution in [0, 0.1) is 11.8 Å². The molecular weight excluding hydrogens is 256 g/mol. The summed E-state index contributed by atoms with van der Waals surface area (Å²) < 4.78 is 2.62. The number of nitrogens with zero attached hydrogens (tertiary/aromatic N) is 3. The van der Waals surface area contributed by atoms with Crippen LogP contribution in [0.15, 0.2) is 4.73 Å². The van der Waals surface area contributed by atoms with Crippen LogP contribution in [0.25, 0.3) is 0 Å². The van der Waals surface area contributed by atoms with E-state index in [2.05, 4.69) is 32.9 Å². The van der Waals surface area contributed by atoms with Crippen LogP contribution in [-0.4, -0.2) is 14.8 Å². The lowest BCUT2D eigenvalue weighted by atomic mass is 9.83. The predicted molar refractivity (Wildman–Crippen MR) is 63.3 cm³/mol. The molecule has 0 amide bonds. The van der Waals surface area contributed by atoms with E-state index in [1.54, 1.807) is 0 Å². The summed E-state index contributed by atoms with van der Waals surface area (Å²) in [5.41, 5.74) is 5.53. The third-order valence-corrected chi connectivity index (χ3v) is 3.80. The van der Waals surface area contributed by atoms with Gasteiger partial charge in [-0.1, -0.05) is 19.8 Å². The van der Waals surface area contributed by atoms with Crippen molar-refractivity contribution in [2.24, 2.45) is 11.8 Å². The fraction of sp³-hybridized carbons (Fsp3) is 0.800. The van der Waals surface area contributed by atoms with Gasteiger partial charge >= 0.3 is 0 Å². The van der Waals surface area contributed by atoms with E-state index in [1.165, 1.54) is 25.7 Å². The smallest absolute Gasteiger partial charge is 0.240 e. The molecule has 5 heteroatoms. The summed E-state index contributed by atoms with van der Waals surface area (Å²) in [6.07, 6.45) is 5.28. The third kappa shape index (κ3) is 2.71. The van der Waals surface area contributed by atoms with Crippen molar-refractivity contribution in [2.45, 2.75) is 39.2 Å². The van der Waals surface area contributed by atoms with Gasteiger partial charge in [0.2, 0.25) is 5.95 Å². The van der Waals surface area contributed by atoms with Crippen molar-refractivity contribution in [3.63, 3.8) is 0 Å². The van der Waals surface area contributed by atoms with Crippen molar-refractivity contribution < 1.29 is 0 Å². The Hall–Kier alpha value is -0.580. The van der Waals surface area contributed by atoms with Gasteiger partial charge in [-0.2, -0.15) is 4.98 Å². The van der Waals surface area contributed by atoms with Crippen LogP contribution in [0.2, 0.25) is 0 Å². The largest absolute Gasteiger partial charge is 0.366 e. The SMILES string of the molecule is CC1CCC(Cn2nc(N)nc2Br)CC1. The Morgan fingerprint density at radius 1 is 1.40 bits per heavy atom. The average Bonchev–Trinajstić information content (AvgIpc) is 2.49. The van der Waals surface area contributed by atoms with Gasteiger partial charge in [0, 0.05) is 6.54 Å². The number of nitrogens with two attached hydrogens (primary N) is 1. The summed E-state index contributed by atoms with van der Waals surface area (Å²) in [6, 6.07) is 0. The lowest BCUT2D eigenvalue weighted by Gasteiger charge is -2.25. The molecule has 0 aliphatic heterocycles. The topological polar surface area (TPSA) is 56.7 Å². The molecule has 84 valence electrons. The third-order valence-electron chi connectivity index (χ3n) is 3.21. The molecule has 0 spiro atoms. The molecule has 0 saturated heterocycles. The van der Waals surface area contributed by atoms with Gasteiger partial charge in [-0.3, -0.25) is 0 Å². The highest BCUT2D eigenvalue weighted by Gasteiger charge is 2.19. The second-order valence-corrected chi connectivity index (χ2v) is 5.26. The fourth-order valence-corrected chi connectivity index (χ4v) is 2.62. The summed E-state index contributed by atoms with van der Waals surface area (Å²) in [4.78, 5) is 4.04. The number of hydrogen-bond acceptors (Lipinski definition) is 3. The number of hydrogen-bond donors (Lipinski definition) is 1. The monoisotopic (exact) mass is 272 g/mol. The Kier molecular flexibility index (Phi) is 3.29. The van der Waals surface area contributed by atoms with Crippen molar-refractivity contribution in [3.05, 3.63) is 4.73 Å². The summed E-state index contributed by atoms with van der Waals surface area (Å²) in [7, 11) is 0. The minimum Gasteiger partial charge on any atom is -0.366 e. The standard InChI is InChI=1S/C10H17BrN4/c1-7-2-4-8(5-3-7)6-15-9(11)13-10(12)14-15/h7-8H,2-6H2,1H3,(H2,12,14). The number of rotatable bonds is 2. The van der Waals surface area contributed by atoms with Gasteiger partial charge in [-0.25, -0.2) is 4.68 Å². The highest BCUT2D eigenvalue weighted by atomic mass is 79.9. The molecule has 1 aliphatic carbocycles. The van der Waals surface area contributed by atoms with Crippen molar-refractivity contribution in [1.82, 2.24) is 14.8 Å². The Bertz CT molecular complexity index is 328. The van der Waals surface area contributed by atoms with E-state index >= 15 is 0 Å². The maximum Gasteiger partial charge on any atom is 0.240 e. The van der Waals surface area contributed by atoms with E-state index in [4.69, 9.17) is 5.73 Å². The normalized spacial score (nSPS) is 26.8. The second-order valence-electron chi connectivity index (χ2n) is 4.55. The van der Waals surface area contributed by atoms with Gasteiger partial charge < -0.3 is 5.73 Å². The van der Waals surface area contributed by atoms with Crippen molar-refractivity contribution in [3.8, 4) is 0 Å². The average molecular weight is 273 g/mol. The maximum absolute atomic E-state index is 5.53. The Morgan fingerprint density at radius 3 is 2.60 bits per heavy atom. The van der Waals surface area contributed by atoms with Gasteiger partial charge in [0.25, 0.3) is 0 Å². The molecule has 0 bridgehead atoms. The van der Waals surface area contributed by atoms with Gasteiger partial charge in [0.1, 0.15) is 0 Å². The molecule has 15 heavy (non-hydrogen) atoms. The molecule has 0 aromatic carbocycles. The first-order valence-electron chi connectivity index (χ1n) is 5.51. The molecule has 1 fully saturated rings. The van der Waals surface area contributed by atoms with Crippen molar-refractivity contribution in [2.75, 3.05) is 5.73 Å². The molecule has 1 saturated carbocycles. The van der Waals surface area contributed by atoms with Crippen LogP contribution in [0.5, 0.6) is 0 Å². The Morgan fingerprint density at radius 2 is 2.07 bits per heavy atom. The van der Waals surface area contributed by atoms with E-state index in [0.29, 0.717) is 5.95 Å². The first-order valence-corrected chi connectivity index (χ1v) is 6.30. The predicted octanol–water partition coefficient (Wildman–Crippen LogP) is 2.45. The molecule has 0 unspecified atom stereocenters. The molecule has 0 radical (unpaired) electrons. The lowest BCUT2D eigenvalue weighted by molar-refractivity contribution is 0.256. The van der Waals surface area contributed by atoms with E-state index in [0.717, 1.165) is 23.1 Å². The zero-order valence-electron chi connectivity index (χ0n) is 8.99. The van der Waals surface area contributed by atoms with E-state index < -0.39 is 0 Å². The van der Waals surface area contributed by atoms with Crippen LogP contribution >= 0.6 is 15.9 Å². The highest BCUT2D eigenvalue weighted by Crippen LogP contribution is 2.29. The Labute approximate surface area is 98.4 Å². The molecular formula is C10H17BrN4. The van der Waals surface area contributed by atoms with E-state index in [9.17, 15) is 0 Å². The van der Waals surface area contributed by atoms with Crippen LogP contribution in [-0.2, 0) is 6.54 Å². The van der Waals surface area contributed by atoms with E-state index in [-0.39, 0.29) is 0 Å². The van der Waals surface area contributed by atoms with Crippen LogP contribution in [0.3, 0.4) is 0 Å². The molecule has 1 aromatic rings. The zero-order chi connectivity index (χ0) is 10.8. The van der Waals surface area contributed by atoms with Gasteiger partial charge in [0.05, 0.1) is 0 Å². The molecule has 2 rings (SSSR count).